The van der Waals surface area contributed by atoms with Crippen molar-refractivity contribution in [3.05, 3.63) is 54.1 Å². The molecule has 0 spiro atoms. The first-order chi connectivity index (χ1) is 13.9. The molecule has 29 heavy (non-hydrogen) atoms. The van der Waals surface area contributed by atoms with Crippen LogP contribution in [-0.4, -0.2) is 45.6 Å². The predicted molar refractivity (Wildman–Crippen MR) is 113 cm³/mol. The number of amides is 2. The van der Waals surface area contributed by atoms with Gasteiger partial charge in [-0.3, -0.25) is 0 Å². The summed E-state index contributed by atoms with van der Waals surface area (Å²) in [5, 5.41) is 2.86. The summed E-state index contributed by atoms with van der Waals surface area (Å²) in [6, 6.07) is 13.7. The molecule has 2 aromatic rings. The Labute approximate surface area is 172 Å². The molecule has 3 rings (SSSR count). The van der Waals surface area contributed by atoms with Crippen LogP contribution in [0.1, 0.15) is 25.3 Å². The number of aryl methyl sites for hydroxylation is 1. The third kappa shape index (κ3) is 5.48. The maximum atomic E-state index is 12.6. The average Bonchev–Trinajstić information content (AvgIpc) is 2.74. The highest BCUT2D eigenvalue weighted by atomic mass is 32.2. The predicted octanol–water partition coefficient (Wildman–Crippen LogP) is 3.23. The Kier molecular flexibility index (Phi) is 6.76. The Morgan fingerprint density at radius 2 is 1.69 bits per heavy atom. The quantitative estimate of drug-likeness (QED) is 0.755. The van der Waals surface area contributed by atoms with Crippen molar-refractivity contribution in [2.75, 3.05) is 25.5 Å². The van der Waals surface area contributed by atoms with Gasteiger partial charge < -0.3 is 15.0 Å². The number of piperidine rings is 1. The fourth-order valence-electron chi connectivity index (χ4n) is 3.27. The van der Waals surface area contributed by atoms with Crippen LogP contribution in [0.5, 0.6) is 5.75 Å². The van der Waals surface area contributed by atoms with E-state index in [0.717, 1.165) is 17.7 Å². The minimum Gasteiger partial charge on any atom is -0.497 e. The van der Waals surface area contributed by atoms with E-state index in [1.165, 1.54) is 0 Å². The number of nitrogens with zero attached hydrogens (tertiary/aromatic N) is 1. The van der Waals surface area contributed by atoms with Crippen molar-refractivity contribution in [3.8, 4) is 5.75 Å². The number of carbonyl (C=O) groups is 1. The standard InChI is InChI=1S/C21H27N3O4S/c1-3-16-4-10-20(11-5-16)29(26,27)23-18-12-14-24(15-13-18)21(25)22-17-6-8-19(28-2)9-7-17/h4-11,18,23H,3,12-15H2,1-2H3,(H,22,25). The number of carbonyl (C=O) groups excluding carboxylic acids is 1. The fraction of sp³-hybridized carbons (Fsp3) is 0.381. The Morgan fingerprint density at radius 1 is 1.07 bits per heavy atom. The number of likely N-dealkylation sites (tertiary alicyclic amines) is 1. The summed E-state index contributed by atoms with van der Waals surface area (Å²) in [5.41, 5.74) is 1.79. The molecule has 156 valence electrons. The molecule has 0 bridgehead atoms. The van der Waals surface area contributed by atoms with E-state index in [9.17, 15) is 13.2 Å². The largest absolute Gasteiger partial charge is 0.497 e. The van der Waals surface area contributed by atoms with Crippen molar-refractivity contribution in [1.29, 1.82) is 0 Å². The number of nitrogens with one attached hydrogen (secondary N) is 2. The molecule has 0 saturated carbocycles. The van der Waals surface area contributed by atoms with Crippen LogP contribution in [0.3, 0.4) is 0 Å². The van der Waals surface area contributed by atoms with Gasteiger partial charge in [0.25, 0.3) is 0 Å². The summed E-state index contributed by atoms with van der Waals surface area (Å²) in [5.74, 6) is 0.723. The van der Waals surface area contributed by atoms with Gasteiger partial charge in [0.2, 0.25) is 10.0 Å². The summed E-state index contributed by atoms with van der Waals surface area (Å²) in [6.45, 7) is 3.01. The van der Waals surface area contributed by atoms with Gasteiger partial charge in [-0.1, -0.05) is 19.1 Å². The highest BCUT2D eigenvalue weighted by Crippen LogP contribution is 2.18. The normalized spacial score (nSPS) is 15.2. The molecule has 1 heterocycles. The maximum absolute atomic E-state index is 12.6. The van der Waals surface area contributed by atoms with Gasteiger partial charge in [0, 0.05) is 24.8 Å². The third-order valence-corrected chi connectivity index (χ3v) is 6.62. The van der Waals surface area contributed by atoms with Crippen LogP contribution in [0, 0.1) is 0 Å². The number of ether oxygens (including phenoxy) is 1. The smallest absolute Gasteiger partial charge is 0.321 e. The number of methoxy groups -OCH3 is 1. The lowest BCUT2D eigenvalue weighted by Gasteiger charge is -2.32. The summed E-state index contributed by atoms with van der Waals surface area (Å²) in [4.78, 5) is 14.4. The fourth-order valence-corrected chi connectivity index (χ4v) is 4.57. The first-order valence-electron chi connectivity index (χ1n) is 9.72. The van der Waals surface area contributed by atoms with Crippen LogP contribution < -0.4 is 14.8 Å². The molecule has 1 saturated heterocycles. The minimum atomic E-state index is -3.56. The van der Waals surface area contributed by atoms with Gasteiger partial charge in [-0.25, -0.2) is 17.9 Å². The molecule has 1 aliphatic heterocycles. The maximum Gasteiger partial charge on any atom is 0.321 e. The first-order valence-corrected chi connectivity index (χ1v) is 11.2. The van der Waals surface area contributed by atoms with Crippen LogP contribution in [0.4, 0.5) is 10.5 Å². The summed E-state index contributed by atoms with van der Waals surface area (Å²) in [7, 11) is -1.97. The number of hydrogen-bond donors (Lipinski definition) is 2. The molecule has 2 N–H and O–H groups in total. The topological polar surface area (TPSA) is 87.7 Å². The molecular formula is C21H27N3O4S. The van der Waals surface area contributed by atoms with Gasteiger partial charge in [-0.15, -0.1) is 0 Å². The number of sulfonamides is 1. The molecule has 8 heteroatoms. The summed E-state index contributed by atoms with van der Waals surface area (Å²) >= 11 is 0. The second-order valence-corrected chi connectivity index (χ2v) is 8.75. The Bertz CT molecular complexity index is 919. The van der Waals surface area contributed by atoms with E-state index < -0.39 is 10.0 Å². The lowest BCUT2D eigenvalue weighted by atomic mass is 10.1. The van der Waals surface area contributed by atoms with Gasteiger partial charge in [-0.05, 0) is 61.2 Å². The van der Waals surface area contributed by atoms with Crippen molar-refractivity contribution in [1.82, 2.24) is 9.62 Å². The lowest BCUT2D eigenvalue weighted by molar-refractivity contribution is 0.193. The zero-order valence-corrected chi connectivity index (χ0v) is 17.5. The summed E-state index contributed by atoms with van der Waals surface area (Å²) in [6.07, 6.45) is 2.01. The molecule has 0 aliphatic carbocycles. The zero-order valence-electron chi connectivity index (χ0n) is 16.7. The number of rotatable bonds is 6. The molecule has 2 aromatic carbocycles. The molecule has 7 nitrogen and oxygen atoms in total. The first kappa shape index (κ1) is 21.1. The third-order valence-electron chi connectivity index (χ3n) is 5.09. The number of hydrogen-bond acceptors (Lipinski definition) is 4. The Morgan fingerprint density at radius 3 is 2.24 bits per heavy atom. The van der Waals surface area contributed by atoms with E-state index in [1.807, 2.05) is 19.1 Å². The Hall–Kier alpha value is -2.58. The van der Waals surface area contributed by atoms with E-state index in [0.29, 0.717) is 31.6 Å². The SMILES string of the molecule is CCc1ccc(S(=O)(=O)NC2CCN(C(=O)Nc3ccc(OC)cc3)CC2)cc1. The minimum absolute atomic E-state index is 0.184. The van der Waals surface area contributed by atoms with E-state index in [1.54, 1.807) is 48.4 Å². The second-order valence-electron chi connectivity index (χ2n) is 7.04. The highest BCUT2D eigenvalue weighted by Gasteiger charge is 2.26. The molecule has 1 aliphatic rings. The molecular weight excluding hydrogens is 390 g/mol. The Balaban J connectivity index is 1.51. The van der Waals surface area contributed by atoms with Gasteiger partial charge in [0.15, 0.2) is 0 Å². The van der Waals surface area contributed by atoms with Crippen molar-refractivity contribution in [2.24, 2.45) is 0 Å². The molecule has 0 atom stereocenters. The second kappa shape index (κ2) is 9.28. The summed E-state index contributed by atoms with van der Waals surface area (Å²) < 4.78 is 33.1. The van der Waals surface area contributed by atoms with Crippen molar-refractivity contribution < 1.29 is 17.9 Å². The van der Waals surface area contributed by atoms with Gasteiger partial charge in [-0.2, -0.15) is 0 Å². The van der Waals surface area contributed by atoms with Gasteiger partial charge in [0.1, 0.15) is 5.75 Å². The van der Waals surface area contributed by atoms with Crippen LogP contribution in [0.25, 0.3) is 0 Å². The van der Waals surface area contributed by atoms with Crippen molar-refractivity contribution in [2.45, 2.75) is 37.1 Å². The zero-order chi connectivity index (χ0) is 20.9. The molecule has 0 radical (unpaired) electrons. The van der Waals surface area contributed by atoms with Crippen molar-refractivity contribution in [3.63, 3.8) is 0 Å². The van der Waals surface area contributed by atoms with E-state index in [-0.39, 0.29) is 17.0 Å². The van der Waals surface area contributed by atoms with Gasteiger partial charge in [0.05, 0.1) is 12.0 Å². The molecule has 0 aromatic heterocycles. The van der Waals surface area contributed by atoms with Crippen LogP contribution in [0.2, 0.25) is 0 Å². The van der Waals surface area contributed by atoms with E-state index in [4.69, 9.17) is 4.74 Å². The van der Waals surface area contributed by atoms with Crippen LogP contribution in [-0.2, 0) is 16.4 Å². The molecule has 0 unspecified atom stereocenters. The molecule has 2 amide bonds. The van der Waals surface area contributed by atoms with Gasteiger partial charge >= 0.3 is 6.03 Å². The molecule has 1 fully saturated rings. The lowest BCUT2D eigenvalue weighted by Crippen LogP contribution is -2.47. The average molecular weight is 418 g/mol. The van der Waals surface area contributed by atoms with Crippen LogP contribution in [0.15, 0.2) is 53.4 Å². The number of benzene rings is 2. The number of anilines is 1. The monoisotopic (exact) mass is 417 g/mol. The van der Waals surface area contributed by atoms with Crippen molar-refractivity contribution >= 4 is 21.7 Å². The number of urea groups is 1. The highest BCUT2D eigenvalue weighted by molar-refractivity contribution is 7.89. The van der Waals surface area contributed by atoms with Crippen LogP contribution >= 0.6 is 0 Å². The van der Waals surface area contributed by atoms with E-state index >= 15 is 0 Å². The van der Waals surface area contributed by atoms with E-state index in [2.05, 4.69) is 10.0 Å².